The van der Waals surface area contributed by atoms with Crippen molar-refractivity contribution >= 4 is 46.0 Å². The highest BCUT2D eigenvalue weighted by Gasteiger charge is 2.30. The molecule has 1 aromatic heterocycles. The van der Waals surface area contributed by atoms with Gasteiger partial charge in [0.1, 0.15) is 22.6 Å². The van der Waals surface area contributed by atoms with Crippen LogP contribution in [-0.4, -0.2) is 22.2 Å². The van der Waals surface area contributed by atoms with E-state index in [2.05, 4.69) is 15.3 Å². The Morgan fingerprint density at radius 1 is 1.12 bits per heavy atom. The molecule has 3 aromatic rings. The molecular formula is C18H12ClN3O2. The number of anilines is 1. The molecule has 1 amide bonds. The Hall–Kier alpha value is -2.92. The summed E-state index contributed by atoms with van der Waals surface area (Å²) in [7, 11) is 0. The van der Waals surface area contributed by atoms with Crippen LogP contribution in [0.5, 0.6) is 5.75 Å². The number of pyridine rings is 1. The molecular weight excluding hydrogens is 326 g/mol. The van der Waals surface area contributed by atoms with Gasteiger partial charge in [0.2, 0.25) is 5.91 Å². The number of hydrogen-bond acceptors (Lipinski definition) is 4. The summed E-state index contributed by atoms with van der Waals surface area (Å²) in [5.41, 5.74) is 1.43. The van der Waals surface area contributed by atoms with Crippen LogP contribution in [-0.2, 0) is 4.79 Å². The van der Waals surface area contributed by atoms with E-state index in [0.717, 1.165) is 16.3 Å². The number of rotatable bonds is 2. The van der Waals surface area contributed by atoms with Crippen LogP contribution in [0, 0.1) is 0 Å². The minimum atomic E-state index is -0.516. The summed E-state index contributed by atoms with van der Waals surface area (Å²) in [6.07, 6.45) is 1.59. The zero-order valence-electron chi connectivity index (χ0n) is 12.4. The highest BCUT2D eigenvalue weighted by molar-refractivity contribution is 6.29. The summed E-state index contributed by atoms with van der Waals surface area (Å²) in [5, 5.41) is 14.5. The molecule has 118 valence electrons. The van der Waals surface area contributed by atoms with Gasteiger partial charge in [-0.1, -0.05) is 41.9 Å². The molecule has 6 heteroatoms. The topological polar surface area (TPSA) is 74.6 Å². The predicted octanol–water partition coefficient (Wildman–Crippen LogP) is 4.03. The van der Waals surface area contributed by atoms with Crippen molar-refractivity contribution in [1.82, 2.24) is 4.98 Å². The minimum absolute atomic E-state index is 0.188. The third-order valence-corrected chi connectivity index (χ3v) is 4.20. The second-order valence-corrected chi connectivity index (χ2v) is 5.85. The molecule has 1 unspecified atom stereocenters. The van der Waals surface area contributed by atoms with Crippen LogP contribution >= 0.6 is 11.6 Å². The van der Waals surface area contributed by atoms with Crippen molar-refractivity contribution in [2.24, 2.45) is 4.99 Å². The summed E-state index contributed by atoms with van der Waals surface area (Å²) in [6, 6.07) is 14.2. The van der Waals surface area contributed by atoms with E-state index in [0.29, 0.717) is 16.7 Å². The molecule has 0 bridgehead atoms. The molecule has 0 fully saturated rings. The van der Waals surface area contributed by atoms with Gasteiger partial charge in [0.05, 0.1) is 5.69 Å². The smallest absolute Gasteiger partial charge is 0.238 e. The van der Waals surface area contributed by atoms with Crippen LogP contribution in [0.2, 0.25) is 5.15 Å². The van der Waals surface area contributed by atoms with Gasteiger partial charge in [-0.15, -0.1) is 0 Å². The van der Waals surface area contributed by atoms with E-state index in [4.69, 9.17) is 11.6 Å². The van der Waals surface area contributed by atoms with Crippen molar-refractivity contribution in [3.8, 4) is 5.75 Å². The van der Waals surface area contributed by atoms with Gasteiger partial charge in [-0.05, 0) is 18.2 Å². The Kier molecular flexibility index (Phi) is 3.43. The van der Waals surface area contributed by atoms with Gasteiger partial charge >= 0.3 is 0 Å². The number of amides is 1. The summed E-state index contributed by atoms with van der Waals surface area (Å²) in [5.74, 6) is -0.0317. The van der Waals surface area contributed by atoms with Gasteiger partial charge in [-0.2, -0.15) is 0 Å². The Morgan fingerprint density at radius 3 is 2.75 bits per heavy atom. The first-order valence-electron chi connectivity index (χ1n) is 7.36. The first kappa shape index (κ1) is 14.7. The fourth-order valence-electron chi connectivity index (χ4n) is 2.82. The van der Waals surface area contributed by atoms with Crippen molar-refractivity contribution in [2.75, 3.05) is 5.32 Å². The van der Waals surface area contributed by atoms with Crippen LogP contribution in [0.4, 0.5) is 11.5 Å². The fourth-order valence-corrected chi connectivity index (χ4v) is 2.96. The van der Waals surface area contributed by atoms with E-state index in [-0.39, 0.29) is 11.7 Å². The van der Waals surface area contributed by atoms with Crippen LogP contribution < -0.4 is 5.32 Å². The van der Waals surface area contributed by atoms with Gasteiger partial charge in [-0.25, -0.2) is 4.98 Å². The Labute approximate surface area is 142 Å². The quantitative estimate of drug-likeness (QED) is 0.547. The molecule has 0 radical (unpaired) electrons. The molecule has 0 saturated carbocycles. The number of nitrogens with zero attached hydrogens (tertiary/aromatic N) is 2. The first-order valence-corrected chi connectivity index (χ1v) is 7.73. The van der Waals surface area contributed by atoms with Crippen molar-refractivity contribution in [3.63, 3.8) is 0 Å². The number of aliphatic imine (C=N–C) groups is 1. The number of carbonyl (C=O) groups excluding carboxylic acids is 1. The van der Waals surface area contributed by atoms with E-state index in [1.54, 1.807) is 30.5 Å². The summed E-state index contributed by atoms with van der Waals surface area (Å²) >= 11 is 5.85. The third kappa shape index (κ3) is 2.39. The van der Waals surface area contributed by atoms with Gasteiger partial charge in [0.25, 0.3) is 0 Å². The maximum Gasteiger partial charge on any atom is 0.238 e. The molecule has 24 heavy (non-hydrogen) atoms. The van der Waals surface area contributed by atoms with E-state index in [1.165, 1.54) is 0 Å². The number of phenols is 1. The number of halogens is 1. The van der Waals surface area contributed by atoms with Crippen molar-refractivity contribution in [1.29, 1.82) is 0 Å². The molecule has 2 N–H and O–H groups in total. The van der Waals surface area contributed by atoms with E-state index < -0.39 is 5.92 Å². The second-order valence-electron chi connectivity index (χ2n) is 5.47. The Morgan fingerprint density at radius 2 is 1.92 bits per heavy atom. The van der Waals surface area contributed by atoms with Crippen molar-refractivity contribution in [3.05, 3.63) is 59.2 Å². The van der Waals surface area contributed by atoms with Crippen molar-refractivity contribution < 1.29 is 9.90 Å². The lowest BCUT2D eigenvalue weighted by Gasteiger charge is -2.05. The lowest BCUT2D eigenvalue weighted by molar-refractivity contribution is -0.115. The standard InChI is InChI=1S/C18H12ClN3O2/c19-16-8-5-12-13(18(24)22-17(12)21-16)9-20-14-6-7-15(23)11-4-2-1-3-10(11)14/h1-9,13,23H,(H,21,22,24). The molecule has 0 spiro atoms. The van der Waals surface area contributed by atoms with Gasteiger partial charge < -0.3 is 10.4 Å². The number of aromatic nitrogens is 1. The highest BCUT2D eigenvalue weighted by atomic mass is 35.5. The maximum absolute atomic E-state index is 12.2. The number of benzene rings is 2. The molecule has 4 rings (SSSR count). The van der Waals surface area contributed by atoms with E-state index >= 15 is 0 Å². The van der Waals surface area contributed by atoms with Crippen LogP contribution in [0.25, 0.3) is 10.8 Å². The average Bonchev–Trinajstić information content (AvgIpc) is 2.89. The van der Waals surface area contributed by atoms with Crippen LogP contribution in [0.1, 0.15) is 11.5 Å². The average molecular weight is 338 g/mol. The predicted molar refractivity (Wildman–Crippen MR) is 94.4 cm³/mol. The number of hydrogen-bond donors (Lipinski definition) is 2. The number of carbonyl (C=O) groups is 1. The third-order valence-electron chi connectivity index (χ3n) is 3.99. The first-order chi connectivity index (χ1) is 11.6. The zero-order chi connectivity index (χ0) is 16.7. The molecule has 2 heterocycles. The lowest BCUT2D eigenvalue weighted by Crippen LogP contribution is -2.12. The maximum atomic E-state index is 12.2. The van der Waals surface area contributed by atoms with E-state index in [9.17, 15) is 9.90 Å². The number of nitrogens with one attached hydrogen (secondary N) is 1. The van der Waals surface area contributed by atoms with Crippen LogP contribution in [0.15, 0.2) is 53.5 Å². The monoisotopic (exact) mass is 337 g/mol. The molecule has 1 aliphatic heterocycles. The minimum Gasteiger partial charge on any atom is -0.507 e. The van der Waals surface area contributed by atoms with Crippen molar-refractivity contribution in [2.45, 2.75) is 5.92 Å². The Bertz CT molecular complexity index is 1000. The highest BCUT2D eigenvalue weighted by Crippen LogP contribution is 2.34. The van der Waals surface area contributed by atoms with E-state index in [1.807, 2.05) is 24.3 Å². The summed E-state index contributed by atoms with van der Waals surface area (Å²) in [6.45, 7) is 0. The zero-order valence-corrected chi connectivity index (χ0v) is 13.2. The Balaban J connectivity index is 1.75. The lowest BCUT2D eigenvalue weighted by atomic mass is 10.0. The number of fused-ring (bicyclic) bond motifs is 2. The molecule has 0 aliphatic carbocycles. The number of phenolic OH excluding ortho intramolecular Hbond substituents is 1. The molecule has 1 aliphatic rings. The second kappa shape index (κ2) is 5.62. The normalized spacial score (nSPS) is 16.5. The SMILES string of the molecule is O=C1Nc2nc(Cl)ccc2C1C=Nc1ccc(O)c2ccccc12. The fraction of sp³-hybridized carbons (Fsp3) is 0.0556. The largest absolute Gasteiger partial charge is 0.507 e. The number of aromatic hydroxyl groups is 1. The molecule has 2 aromatic carbocycles. The van der Waals surface area contributed by atoms with Gasteiger partial charge in [0, 0.05) is 22.6 Å². The summed E-state index contributed by atoms with van der Waals surface area (Å²) in [4.78, 5) is 20.7. The van der Waals surface area contributed by atoms with Crippen LogP contribution in [0.3, 0.4) is 0 Å². The molecule has 0 saturated heterocycles. The molecule has 5 nitrogen and oxygen atoms in total. The summed E-state index contributed by atoms with van der Waals surface area (Å²) < 4.78 is 0. The van der Waals surface area contributed by atoms with Gasteiger partial charge in [-0.3, -0.25) is 9.79 Å². The molecule has 1 atom stereocenters. The van der Waals surface area contributed by atoms with Gasteiger partial charge in [0.15, 0.2) is 0 Å².